The number of nitrogens with zero attached hydrogens (tertiary/aromatic N) is 1. The molecule has 0 unspecified atom stereocenters. The summed E-state index contributed by atoms with van der Waals surface area (Å²) in [6.45, 7) is 0.568. The van der Waals surface area contributed by atoms with Gasteiger partial charge in [0, 0.05) is 24.7 Å². The number of ether oxygens (including phenoxy) is 2. The van der Waals surface area contributed by atoms with Gasteiger partial charge in [-0.3, -0.25) is 4.79 Å². The highest BCUT2D eigenvalue weighted by Crippen LogP contribution is 2.30. The van der Waals surface area contributed by atoms with Crippen LogP contribution in [-0.4, -0.2) is 38.3 Å². The highest BCUT2D eigenvalue weighted by molar-refractivity contribution is 5.94. The average molecular weight is 368 g/mol. The molecule has 140 valence electrons. The average Bonchev–Trinajstić information content (AvgIpc) is 2.55. The van der Waals surface area contributed by atoms with E-state index in [-0.39, 0.29) is 11.7 Å². The molecule has 0 heterocycles. The summed E-state index contributed by atoms with van der Waals surface area (Å²) in [4.78, 5) is 13.8. The smallest absolute Gasteiger partial charge is 0.457 e. The lowest BCUT2D eigenvalue weighted by Gasteiger charge is -2.16. The summed E-state index contributed by atoms with van der Waals surface area (Å²) in [7, 11) is 5.30. The van der Waals surface area contributed by atoms with E-state index in [0.717, 1.165) is 17.7 Å². The van der Waals surface area contributed by atoms with Crippen molar-refractivity contribution in [2.24, 2.45) is 0 Å². The van der Waals surface area contributed by atoms with Gasteiger partial charge in [-0.05, 0) is 50.5 Å². The van der Waals surface area contributed by atoms with Crippen LogP contribution in [0.3, 0.4) is 0 Å². The molecular formula is C18H19F3N2O3. The molecule has 0 atom stereocenters. The quantitative estimate of drug-likeness (QED) is 0.843. The van der Waals surface area contributed by atoms with E-state index in [1.54, 1.807) is 18.2 Å². The number of carbonyl (C=O) groups excluding carboxylic acids is 1. The van der Waals surface area contributed by atoms with Crippen molar-refractivity contribution >= 4 is 5.91 Å². The van der Waals surface area contributed by atoms with E-state index in [9.17, 15) is 18.0 Å². The first kappa shape index (κ1) is 19.6. The van der Waals surface area contributed by atoms with E-state index in [4.69, 9.17) is 4.74 Å². The Morgan fingerprint density at radius 1 is 1.08 bits per heavy atom. The molecule has 2 aromatic carbocycles. The van der Waals surface area contributed by atoms with Crippen molar-refractivity contribution in [3.05, 3.63) is 53.6 Å². The first-order chi connectivity index (χ1) is 12.2. The fourth-order valence-corrected chi connectivity index (χ4v) is 2.24. The third-order valence-corrected chi connectivity index (χ3v) is 3.33. The fourth-order valence-electron chi connectivity index (χ4n) is 2.24. The largest absolute Gasteiger partial charge is 0.573 e. The van der Waals surface area contributed by atoms with E-state index < -0.39 is 6.36 Å². The lowest BCUT2D eigenvalue weighted by Crippen LogP contribution is -2.18. The van der Waals surface area contributed by atoms with Gasteiger partial charge in [-0.1, -0.05) is 6.07 Å². The number of nitrogens with one attached hydrogen (secondary N) is 1. The Labute approximate surface area is 149 Å². The van der Waals surface area contributed by atoms with Crippen molar-refractivity contribution in [3.63, 3.8) is 0 Å². The van der Waals surface area contributed by atoms with Crippen LogP contribution in [0.1, 0.15) is 15.9 Å². The lowest BCUT2D eigenvalue weighted by molar-refractivity contribution is -0.274. The number of carbonyl (C=O) groups is 1. The summed E-state index contributed by atoms with van der Waals surface area (Å²) in [6.07, 6.45) is -4.75. The maximum atomic E-state index is 12.2. The SMILES string of the molecule is CNC(=O)c1ccc(CN(C)C)c(Oc2ccc(OC(F)(F)F)cc2)c1. The number of amides is 1. The third kappa shape index (κ3) is 5.66. The Hall–Kier alpha value is -2.74. The van der Waals surface area contributed by atoms with Crippen LogP contribution < -0.4 is 14.8 Å². The fraction of sp³-hybridized carbons (Fsp3) is 0.278. The molecule has 2 aromatic rings. The Bertz CT molecular complexity index is 759. The van der Waals surface area contributed by atoms with Gasteiger partial charge in [0.05, 0.1) is 0 Å². The van der Waals surface area contributed by atoms with Crippen LogP contribution >= 0.6 is 0 Å². The third-order valence-electron chi connectivity index (χ3n) is 3.33. The van der Waals surface area contributed by atoms with E-state index in [1.807, 2.05) is 19.0 Å². The maximum absolute atomic E-state index is 12.2. The highest BCUT2D eigenvalue weighted by Gasteiger charge is 2.31. The van der Waals surface area contributed by atoms with Crippen LogP contribution in [0.4, 0.5) is 13.2 Å². The number of hydrogen-bond donors (Lipinski definition) is 1. The van der Waals surface area contributed by atoms with Crippen LogP contribution in [0.2, 0.25) is 0 Å². The Morgan fingerprint density at radius 3 is 2.23 bits per heavy atom. The van der Waals surface area contributed by atoms with Crippen molar-refractivity contribution in [1.82, 2.24) is 10.2 Å². The molecule has 1 amide bonds. The van der Waals surface area contributed by atoms with Crippen LogP contribution in [0.5, 0.6) is 17.2 Å². The van der Waals surface area contributed by atoms with Gasteiger partial charge in [-0.25, -0.2) is 0 Å². The Morgan fingerprint density at radius 2 is 1.69 bits per heavy atom. The van der Waals surface area contributed by atoms with E-state index in [1.165, 1.54) is 19.2 Å². The van der Waals surface area contributed by atoms with Gasteiger partial charge in [-0.15, -0.1) is 13.2 Å². The number of benzene rings is 2. The zero-order valence-corrected chi connectivity index (χ0v) is 14.6. The van der Waals surface area contributed by atoms with Gasteiger partial charge >= 0.3 is 6.36 Å². The molecule has 0 aromatic heterocycles. The second kappa shape index (κ2) is 8.09. The molecule has 0 spiro atoms. The van der Waals surface area contributed by atoms with Crippen molar-refractivity contribution in [1.29, 1.82) is 0 Å². The summed E-state index contributed by atoms with van der Waals surface area (Å²) >= 11 is 0. The van der Waals surface area contributed by atoms with Crippen molar-refractivity contribution < 1.29 is 27.4 Å². The minimum Gasteiger partial charge on any atom is -0.457 e. The van der Waals surface area contributed by atoms with Gasteiger partial charge in [0.1, 0.15) is 17.2 Å². The number of rotatable bonds is 6. The predicted octanol–water partition coefficient (Wildman–Crippen LogP) is 3.80. The van der Waals surface area contributed by atoms with Crippen LogP contribution in [0.25, 0.3) is 0 Å². The number of hydrogen-bond acceptors (Lipinski definition) is 4. The molecule has 1 N–H and O–H groups in total. The highest BCUT2D eigenvalue weighted by atomic mass is 19.4. The van der Waals surface area contributed by atoms with E-state index in [0.29, 0.717) is 23.6 Å². The molecule has 0 aliphatic carbocycles. The normalized spacial score (nSPS) is 11.3. The molecule has 26 heavy (non-hydrogen) atoms. The van der Waals surface area contributed by atoms with E-state index in [2.05, 4.69) is 10.1 Å². The van der Waals surface area contributed by atoms with Crippen molar-refractivity contribution in [2.75, 3.05) is 21.1 Å². The van der Waals surface area contributed by atoms with Crippen LogP contribution in [-0.2, 0) is 6.54 Å². The van der Waals surface area contributed by atoms with Gasteiger partial charge in [0.15, 0.2) is 0 Å². The van der Waals surface area contributed by atoms with E-state index >= 15 is 0 Å². The molecule has 5 nitrogen and oxygen atoms in total. The Balaban J connectivity index is 2.26. The predicted molar refractivity (Wildman–Crippen MR) is 90.4 cm³/mol. The summed E-state index contributed by atoms with van der Waals surface area (Å²) in [6, 6.07) is 10.1. The van der Waals surface area contributed by atoms with Crippen LogP contribution in [0.15, 0.2) is 42.5 Å². The molecule has 0 fully saturated rings. The van der Waals surface area contributed by atoms with Gasteiger partial charge in [-0.2, -0.15) is 0 Å². The standard InChI is InChI=1S/C18H19F3N2O3/c1-22-17(24)12-4-5-13(11-23(2)3)16(10-12)25-14-6-8-15(9-7-14)26-18(19,20)21/h4-10H,11H2,1-3H3,(H,22,24). The first-order valence-electron chi connectivity index (χ1n) is 7.71. The summed E-state index contributed by atoms with van der Waals surface area (Å²) < 4.78 is 46.3. The molecule has 2 rings (SSSR count). The maximum Gasteiger partial charge on any atom is 0.573 e. The molecule has 0 saturated heterocycles. The summed E-state index contributed by atoms with van der Waals surface area (Å²) in [5.41, 5.74) is 1.25. The topological polar surface area (TPSA) is 50.8 Å². The van der Waals surface area contributed by atoms with Gasteiger partial charge in [0.25, 0.3) is 5.91 Å². The summed E-state index contributed by atoms with van der Waals surface area (Å²) in [5, 5.41) is 2.53. The number of halogens is 3. The van der Waals surface area contributed by atoms with Gasteiger partial charge < -0.3 is 19.7 Å². The molecule has 0 bridgehead atoms. The molecular weight excluding hydrogens is 349 g/mol. The summed E-state index contributed by atoms with van der Waals surface area (Å²) in [5.74, 6) is 0.176. The number of alkyl halides is 3. The molecule has 0 saturated carbocycles. The molecule has 0 aliphatic rings. The minimum atomic E-state index is -4.75. The van der Waals surface area contributed by atoms with Crippen molar-refractivity contribution in [2.45, 2.75) is 12.9 Å². The first-order valence-corrected chi connectivity index (χ1v) is 7.71. The van der Waals surface area contributed by atoms with Gasteiger partial charge in [0.2, 0.25) is 0 Å². The molecule has 8 heteroatoms. The zero-order chi connectivity index (χ0) is 19.3. The van der Waals surface area contributed by atoms with Crippen LogP contribution in [0, 0.1) is 0 Å². The van der Waals surface area contributed by atoms with Crippen molar-refractivity contribution in [3.8, 4) is 17.2 Å². The zero-order valence-electron chi connectivity index (χ0n) is 14.6. The minimum absolute atomic E-state index is 0.264. The monoisotopic (exact) mass is 368 g/mol. The lowest BCUT2D eigenvalue weighted by atomic mass is 10.1. The Kier molecular flexibility index (Phi) is 6.10. The molecule has 0 radical (unpaired) electrons. The second-order valence-corrected chi connectivity index (χ2v) is 5.76. The molecule has 0 aliphatic heterocycles. The second-order valence-electron chi connectivity index (χ2n) is 5.76.